The van der Waals surface area contributed by atoms with Gasteiger partial charge in [-0.2, -0.15) is 0 Å². The summed E-state index contributed by atoms with van der Waals surface area (Å²) in [5.41, 5.74) is 2.43. The molecule has 0 fully saturated rings. The largest absolute Gasteiger partial charge is 0.409 e. The first-order valence-electron chi connectivity index (χ1n) is 8.42. The molecular weight excluding hydrogens is 436 g/mol. The van der Waals surface area contributed by atoms with Gasteiger partial charge in [0, 0.05) is 11.4 Å². The quantitative estimate of drug-likeness (QED) is 0.420. The van der Waals surface area contributed by atoms with Crippen LogP contribution in [0.1, 0.15) is 6.92 Å². The van der Waals surface area contributed by atoms with Crippen LogP contribution in [-0.4, -0.2) is 6.54 Å². The second-order valence-corrected chi connectivity index (χ2v) is 8.61. The number of aromatic nitrogens is 1. The molecule has 2 heterocycles. The van der Waals surface area contributed by atoms with Crippen molar-refractivity contribution in [2.75, 3.05) is 11.4 Å². The molecule has 0 atom stereocenters. The Morgan fingerprint density at radius 1 is 1.07 bits per heavy atom. The van der Waals surface area contributed by atoms with Gasteiger partial charge in [-0.1, -0.05) is 36.0 Å². The van der Waals surface area contributed by atoms with Gasteiger partial charge in [-0.15, -0.1) is 10.2 Å². The number of rotatable bonds is 3. The molecule has 8 nitrogen and oxygen atoms in total. The number of azo groups is 1. The molecule has 0 N–H and O–H groups in total. The van der Waals surface area contributed by atoms with E-state index in [0.29, 0.717) is 0 Å². The highest BCUT2D eigenvalue weighted by Gasteiger charge is 2.23. The Labute approximate surface area is 177 Å². The molecule has 4 rings (SSSR count). The summed E-state index contributed by atoms with van der Waals surface area (Å²) in [4.78, 5) is 3.54. The normalized spacial score (nSPS) is 15.1. The standard InChI is InChI=1S/C18H17N4S2.ClHO4/c1-3-22-14-9-5-7-11-16(14)23-17(22)12-19-20-18-21(2)13-8-4-6-10-15(13)24-18;2-1(3,4)5/h4-12H,3H2,1-2H3;(H,2,3,4,5)/q+1;/p-1. The molecule has 1 aliphatic heterocycles. The fourth-order valence-electron chi connectivity index (χ4n) is 2.78. The van der Waals surface area contributed by atoms with Crippen LogP contribution in [0.25, 0.3) is 10.2 Å². The smallest absolute Gasteiger partial charge is 0.334 e. The van der Waals surface area contributed by atoms with Crippen molar-refractivity contribution in [1.82, 2.24) is 0 Å². The lowest BCUT2D eigenvalue weighted by Crippen LogP contribution is -2.68. The number of thiazole rings is 1. The van der Waals surface area contributed by atoms with Crippen LogP contribution in [0.4, 0.5) is 10.8 Å². The third-order valence-corrected chi connectivity index (χ3v) is 6.18. The summed E-state index contributed by atoms with van der Waals surface area (Å²) in [6, 6.07) is 16.7. The number of thioether (sulfide) groups is 1. The Balaban J connectivity index is 0.000000431. The minimum absolute atomic E-state index is 0.900. The molecule has 1 aromatic heterocycles. The Kier molecular flexibility index (Phi) is 6.85. The fourth-order valence-corrected chi connectivity index (χ4v) is 4.85. The minimum atomic E-state index is -4.94. The SMILES string of the molecule is CCN1C(=CN=Nc2sc3ccccc3[n+]2C)Sc2ccccc21.[O-][Cl+3]([O-])([O-])[O-]. The molecule has 0 saturated heterocycles. The Morgan fingerprint density at radius 3 is 2.41 bits per heavy atom. The number of benzene rings is 2. The number of nitrogens with zero attached hydrogens (tertiary/aromatic N) is 4. The molecule has 0 saturated carbocycles. The van der Waals surface area contributed by atoms with Gasteiger partial charge in [-0.05, 0) is 47.6 Å². The number of anilines is 1. The summed E-state index contributed by atoms with van der Waals surface area (Å²) in [6.45, 7) is 3.07. The molecule has 0 aliphatic carbocycles. The van der Waals surface area contributed by atoms with Crippen LogP contribution in [0.15, 0.2) is 74.9 Å². The van der Waals surface area contributed by atoms with Gasteiger partial charge in [0.1, 0.15) is 16.7 Å². The molecular formula is C18H17ClN4O4S2. The van der Waals surface area contributed by atoms with Gasteiger partial charge in [0.15, 0.2) is 0 Å². The summed E-state index contributed by atoms with van der Waals surface area (Å²) >= 11 is 3.40. The number of fused-ring (bicyclic) bond motifs is 2. The lowest BCUT2D eigenvalue weighted by Gasteiger charge is -2.17. The van der Waals surface area contributed by atoms with Crippen LogP contribution < -0.4 is 28.1 Å². The van der Waals surface area contributed by atoms with Gasteiger partial charge < -0.3 is 4.90 Å². The van der Waals surface area contributed by atoms with E-state index in [-0.39, 0.29) is 0 Å². The maximum absolute atomic E-state index is 8.49. The van der Waals surface area contributed by atoms with Crippen molar-refractivity contribution >= 4 is 44.1 Å². The van der Waals surface area contributed by atoms with Crippen molar-refractivity contribution in [3.05, 3.63) is 59.8 Å². The van der Waals surface area contributed by atoms with Crippen molar-refractivity contribution in [3.63, 3.8) is 0 Å². The van der Waals surface area contributed by atoms with Crippen molar-refractivity contribution in [2.45, 2.75) is 11.8 Å². The highest BCUT2D eigenvalue weighted by Crippen LogP contribution is 2.45. The summed E-state index contributed by atoms with van der Waals surface area (Å²) in [5, 5.41) is 10.8. The van der Waals surface area contributed by atoms with E-state index in [0.717, 1.165) is 16.7 Å². The van der Waals surface area contributed by atoms with Crippen molar-refractivity contribution in [3.8, 4) is 0 Å². The zero-order valence-corrected chi connectivity index (χ0v) is 17.9. The zero-order chi connectivity index (χ0) is 21.0. The Morgan fingerprint density at radius 2 is 1.72 bits per heavy atom. The summed E-state index contributed by atoms with van der Waals surface area (Å²) in [6.07, 6.45) is 1.86. The molecule has 3 aromatic rings. The van der Waals surface area contributed by atoms with Gasteiger partial charge in [0.2, 0.25) is 0 Å². The average Bonchev–Trinajstić information content (AvgIpc) is 3.18. The van der Waals surface area contributed by atoms with E-state index in [1.165, 1.54) is 20.8 Å². The third-order valence-electron chi connectivity index (χ3n) is 3.98. The van der Waals surface area contributed by atoms with Gasteiger partial charge in [0.05, 0.1) is 22.5 Å². The molecule has 11 heteroatoms. The van der Waals surface area contributed by atoms with Crippen LogP contribution in [-0.2, 0) is 7.05 Å². The van der Waals surface area contributed by atoms with Crippen LogP contribution in [0.2, 0.25) is 0 Å². The predicted molar refractivity (Wildman–Crippen MR) is 101 cm³/mol. The molecule has 29 heavy (non-hydrogen) atoms. The minimum Gasteiger partial charge on any atom is -0.334 e. The molecule has 0 radical (unpaired) electrons. The maximum atomic E-state index is 8.49. The fraction of sp³-hybridized carbons (Fsp3) is 0.167. The Hall–Kier alpha value is -2.05. The molecule has 0 spiro atoms. The van der Waals surface area contributed by atoms with E-state index in [1.807, 2.05) is 25.4 Å². The molecule has 0 bridgehead atoms. The van der Waals surface area contributed by atoms with Crippen LogP contribution in [0.3, 0.4) is 0 Å². The van der Waals surface area contributed by atoms with Crippen LogP contribution >= 0.6 is 23.1 Å². The van der Waals surface area contributed by atoms with Crippen molar-refractivity contribution < 1.29 is 33.4 Å². The van der Waals surface area contributed by atoms with Gasteiger partial charge in [0.25, 0.3) is 0 Å². The first-order valence-corrected chi connectivity index (χ1v) is 11.3. The number of para-hydroxylation sites is 2. The van der Waals surface area contributed by atoms with E-state index < -0.39 is 10.2 Å². The van der Waals surface area contributed by atoms with Gasteiger partial charge in [-0.3, -0.25) is 0 Å². The molecule has 0 amide bonds. The summed E-state index contributed by atoms with van der Waals surface area (Å²) < 4.78 is 37.3. The molecule has 152 valence electrons. The van der Waals surface area contributed by atoms with E-state index >= 15 is 0 Å². The topological polar surface area (TPSA) is 124 Å². The van der Waals surface area contributed by atoms with Gasteiger partial charge >= 0.3 is 5.13 Å². The highest BCUT2D eigenvalue weighted by molar-refractivity contribution is 8.03. The third kappa shape index (κ3) is 5.52. The van der Waals surface area contributed by atoms with E-state index in [9.17, 15) is 0 Å². The highest BCUT2D eigenvalue weighted by atomic mass is 35.7. The average molecular weight is 453 g/mol. The predicted octanol–water partition coefficient (Wildman–Crippen LogP) is 0.485. The monoisotopic (exact) mass is 452 g/mol. The summed E-state index contributed by atoms with van der Waals surface area (Å²) in [7, 11) is -2.92. The van der Waals surface area contributed by atoms with Crippen LogP contribution in [0.5, 0.6) is 0 Å². The van der Waals surface area contributed by atoms with Crippen molar-refractivity contribution in [2.24, 2.45) is 17.3 Å². The molecule has 0 unspecified atom stereocenters. The lowest BCUT2D eigenvalue weighted by atomic mass is 10.3. The molecule has 1 aliphatic rings. The number of hydrogen-bond acceptors (Lipinski definition) is 9. The molecule has 2 aromatic carbocycles. The second kappa shape index (κ2) is 9.18. The van der Waals surface area contributed by atoms with E-state index in [2.05, 4.69) is 63.0 Å². The van der Waals surface area contributed by atoms with E-state index in [1.54, 1.807) is 23.1 Å². The maximum Gasteiger partial charge on any atom is 0.409 e. The zero-order valence-electron chi connectivity index (χ0n) is 15.5. The number of hydrogen-bond donors (Lipinski definition) is 0. The first-order chi connectivity index (χ1) is 13.8. The Bertz CT molecular complexity index is 1060. The lowest BCUT2D eigenvalue weighted by molar-refractivity contribution is -2.00. The number of aryl methyl sites for hydroxylation is 1. The number of halogens is 1. The van der Waals surface area contributed by atoms with Crippen LogP contribution in [0, 0.1) is 10.2 Å². The second-order valence-electron chi connectivity index (χ2n) is 5.79. The van der Waals surface area contributed by atoms with Gasteiger partial charge in [-0.25, -0.2) is 23.2 Å². The van der Waals surface area contributed by atoms with Crippen molar-refractivity contribution in [1.29, 1.82) is 0 Å². The van der Waals surface area contributed by atoms with E-state index in [4.69, 9.17) is 18.6 Å². The summed E-state index contributed by atoms with van der Waals surface area (Å²) in [5.74, 6) is 0. The first kappa shape index (κ1) is 21.7.